The summed E-state index contributed by atoms with van der Waals surface area (Å²) in [5.74, 6) is -0.0795. The van der Waals surface area contributed by atoms with E-state index in [0.29, 0.717) is 6.42 Å². The average molecular weight is 798 g/mol. The molecule has 3 N–H and O–H groups in total. The lowest BCUT2D eigenvalue weighted by atomic mass is 10.0. The minimum absolute atomic E-state index is 0.0795. The van der Waals surface area contributed by atoms with Gasteiger partial charge in [-0.05, 0) is 70.6 Å². The summed E-state index contributed by atoms with van der Waals surface area (Å²) in [5, 5.41) is 23.1. The van der Waals surface area contributed by atoms with Crippen molar-refractivity contribution in [2.75, 3.05) is 6.61 Å². The van der Waals surface area contributed by atoms with Crippen molar-refractivity contribution in [3.05, 3.63) is 48.6 Å². The van der Waals surface area contributed by atoms with E-state index in [1.807, 2.05) is 6.08 Å². The van der Waals surface area contributed by atoms with Crippen LogP contribution in [0.2, 0.25) is 0 Å². The van der Waals surface area contributed by atoms with Crippen molar-refractivity contribution in [2.24, 2.45) is 0 Å². The second-order valence-electron chi connectivity index (χ2n) is 17.2. The maximum atomic E-state index is 12.4. The van der Waals surface area contributed by atoms with Gasteiger partial charge in [-0.3, -0.25) is 4.79 Å². The quantitative estimate of drug-likeness (QED) is 0.0424. The highest BCUT2D eigenvalue weighted by atomic mass is 16.3. The number of aliphatic hydroxyl groups excluding tert-OH is 2. The molecule has 0 aromatic heterocycles. The Kier molecular flexibility index (Phi) is 47.3. The zero-order chi connectivity index (χ0) is 41.4. The number of nitrogens with one attached hydrogen (secondary N) is 1. The highest BCUT2D eigenvalue weighted by Gasteiger charge is 2.17. The molecule has 4 nitrogen and oxygen atoms in total. The maximum Gasteiger partial charge on any atom is 0.220 e. The first kappa shape index (κ1) is 55.4. The molecule has 0 saturated carbocycles. The molecule has 0 fully saturated rings. The van der Waals surface area contributed by atoms with E-state index in [0.717, 1.165) is 38.5 Å². The van der Waals surface area contributed by atoms with Crippen LogP contribution in [-0.4, -0.2) is 34.9 Å². The number of carbonyl (C=O) groups is 1. The Balaban J connectivity index is 3.59. The van der Waals surface area contributed by atoms with Crippen LogP contribution in [0, 0.1) is 0 Å². The molecule has 0 aromatic rings. The molecule has 334 valence electrons. The van der Waals surface area contributed by atoms with Gasteiger partial charge in [0.15, 0.2) is 0 Å². The molecule has 1 amide bonds. The maximum absolute atomic E-state index is 12.4. The van der Waals surface area contributed by atoms with E-state index in [1.54, 1.807) is 6.08 Å². The van der Waals surface area contributed by atoms with Crippen LogP contribution in [0.25, 0.3) is 0 Å². The number of hydrogen-bond donors (Lipinski definition) is 3. The van der Waals surface area contributed by atoms with Gasteiger partial charge < -0.3 is 15.5 Å². The molecule has 0 rings (SSSR count). The van der Waals surface area contributed by atoms with E-state index in [-0.39, 0.29) is 12.5 Å². The normalized spacial score (nSPS) is 13.3. The summed E-state index contributed by atoms with van der Waals surface area (Å²) in [6, 6.07) is -0.648. The van der Waals surface area contributed by atoms with Gasteiger partial charge >= 0.3 is 0 Å². The van der Waals surface area contributed by atoms with Gasteiger partial charge in [0.2, 0.25) is 5.91 Å². The molecular formula is C53H99NO3. The summed E-state index contributed by atoms with van der Waals surface area (Å²) in [6.45, 7) is 4.31. The molecule has 0 aromatic carbocycles. The zero-order valence-corrected chi connectivity index (χ0v) is 38.4. The summed E-state index contributed by atoms with van der Waals surface area (Å²) in [7, 11) is 0. The van der Waals surface area contributed by atoms with Crippen molar-refractivity contribution in [3.63, 3.8) is 0 Å². The number of carbonyl (C=O) groups excluding carboxylic acids is 1. The number of hydrogen-bond acceptors (Lipinski definition) is 3. The highest BCUT2D eigenvalue weighted by Crippen LogP contribution is 2.15. The Morgan fingerprint density at radius 2 is 0.684 bits per heavy atom. The second kappa shape index (κ2) is 48.7. The van der Waals surface area contributed by atoms with Gasteiger partial charge in [0, 0.05) is 6.42 Å². The number of aliphatic hydroxyl groups is 2. The number of allylic oxidation sites excluding steroid dienone is 7. The van der Waals surface area contributed by atoms with Gasteiger partial charge in [0.05, 0.1) is 18.8 Å². The molecule has 0 spiro atoms. The molecule has 0 aliphatic heterocycles. The predicted octanol–water partition coefficient (Wildman–Crippen LogP) is 16.3. The second-order valence-corrected chi connectivity index (χ2v) is 17.2. The van der Waals surface area contributed by atoms with E-state index in [1.165, 1.54) is 205 Å². The fraction of sp³-hybridized carbons (Fsp3) is 0.830. The Morgan fingerprint density at radius 1 is 0.404 bits per heavy atom. The van der Waals surface area contributed by atoms with E-state index in [4.69, 9.17) is 0 Å². The van der Waals surface area contributed by atoms with Crippen LogP contribution in [0.4, 0.5) is 0 Å². The standard InChI is InChI=1S/C53H99NO3/c1-3-5-7-9-11-13-15-17-19-21-23-25-26-27-29-31-33-35-37-39-41-43-45-47-49-53(57)54-51(50-55)52(56)48-46-44-42-40-38-36-34-32-30-28-24-22-20-18-16-14-12-10-8-6-4-2/h27,29-30,32,38,40,46,48,51-52,55-56H,3-26,28,31,33-37,39,41-45,47,49-50H2,1-2H3,(H,54,57)/b29-27-,32-30+,40-38+,48-46+. The number of unbranched alkanes of at least 4 members (excludes halogenated alkanes) is 33. The van der Waals surface area contributed by atoms with Crippen LogP contribution < -0.4 is 5.32 Å². The Hall–Kier alpha value is -1.65. The molecule has 0 radical (unpaired) electrons. The van der Waals surface area contributed by atoms with Gasteiger partial charge in [-0.15, -0.1) is 0 Å². The monoisotopic (exact) mass is 798 g/mol. The van der Waals surface area contributed by atoms with Crippen LogP contribution in [0.1, 0.15) is 264 Å². The summed E-state index contributed by atoms with van der Waals surface area (Å²) in [4.78, 5) is 12.4. The van der Waals surface area contributed by atoms with Crippen molar-refractivity contribution in [1.29, 1.82) is 0 Å². The predicted molar refractivity (Wildman–Crippen MR) is 253 cm³/mol. The topological polar surface area (TPSA) is 69.6 Å². The van der Waals surface area contributed by atoms with Gasteiger partial charge in [-0.25, -0.2) is 0 Å². The lowest BCUT2D eigenvalue weighted by Crippen LogP contribution is -2.45. The molecule has 0 heterocycles. The molecule has 2 unspecified atom stereocenters. The minimum atomic E-state index is -0.872. The minimum Gasteiger partial charge on any atom is -0.394 e. The molecule has 4 heteroatoms. The first-order valence-electron chi connectivity index (χ1n) is 25.4. The fourth-order valence-electron chi connectivity index (χ4n) is 7.62. The molecule has 0 bridgehead atoms. The van der Waals surface area contributed by atoms with Crippen molar-refractivity contribution >= 4 is 5.91 Å². The Morgan fingerprint density at radius 3 is 1.02 bits per heavy atom. The van der Waals surface area contributed by atoms with Crippen molar-refractivity contribution in [1.82, 2.24) is 5.32 Å². The highest BCUT2D eigenvalue weighted by molar-refractivity contribution is 5.76. The lowest BCUT2D eigenvalue weighted by Gasteiger charge is -2.19. The SMILES string of the molecule is CCCCCCCCCCCCC/C=C/CC/C=C/CC/C=C/C(O)C(CO)NC(=O)CCCCCCCCCC/C=C\CCCCCCCCCCCCCC. The van der Waals surface area contributed by atoms with Crippen LogP contribution >= 0.6 is 0 Å². The number of rotatable bonds is 46. The van der Waals surface area contributed by atoms with Crippen LogP contribution in [0.15, 0.2) is 48.6 Å². The molecular weight excluding hydrogens is 699 g/mol. The molecule has 57 heavy (non-hydrogen) atoms. The first-order valence-corrected chi connectivity index (χ1v) is 25.4. The third kappa shape index (κ3) is 45.3. The summed E-state index contributed by atoms with van der Waals surface area (Å²) in [5.41, 5.74) is 0. The summed E-state index contributed by atoms with van der Waals surface area (Å²) in [6.07, 6.45) is 66.8. The molecule has 2 atom stereocenters. The van der Waals surface area contributed by atoms with Crippen LogP contribution in [0.5, 0.6) is 0 Å². The fourth-order valence-corrected chi connectivity index (χ4v) is 7.62. The van der Waals surface area contributed by atoms with E-state index >= 15 is 0 Å². The van der Waals surface area contributed by atoms with Gasteiger partial charge in [-0.1, -0.05) is 236 Å². The van der Waals surface area contributed by atoms with Crippen molar-refractivity contribution in [2.45, 2.75) is 276 Å². The molecule has 0 saturated heterocycles. The third-order valence-corrected chi connectivity index (χ3v) is 11.5. The largest absolute Gasteiger partial charge is 0.394 e. The lowest BCUT2D eigenvalue weighted by molar-refractivity contribution is -0.123. The Bertz CT molecular complexity index is 908. The van der Waals surface area contributed by atoms with Gasteiger partial charge in [0.25, 0.3) is 0 Å². The average Bonchev–Trinajstić information content (AvgIpc) is 3.22. The van der Waals surface area contributed by atoms with Gasteiger partial charge in [0.1, 0.15) is 0 Å². The number of amides is 1. The summed E-state index contributed by atoms with van der Waals surface area (Å²) >= 11 is 0. The van der Waals surface area contributed by atoms with Gasteiger partial charge in [-0.2, -0.15) is 0 Å². The molecule has 0 aliphatic carbocycles. The van der Waals surface area contributed by atoms with E-state index in [2.05, 4.69) is 55.6 Å². The smallest absolute Gasteiger partial charge is 0.220 e. The Labute approximate surface area is 356 Å². The van der Waals surface area contributed by atoms with Crippen molar-refractivity contribution in [3.8, 4) is 0 Å². The van der Waals surface area contributed by atoms with E-state index in [9.17, 15) is 15.0 Å². The van der Waals surface area contributed by atoms with Crippen molar-refractivity contribution < 1.29 is 15.0 Å². The van der Waals surface area contributed by atoms with E-state index < -0.39 is 12.1 Å². The third-order valence-electron chi connectivity index (χ3n) is 11.5. The summed E-state index contributed by atoms with van der Waals surface area (Å²) < 4.78 is 0. The van der Waals surface area contributed by atoms with Crippen LogP contribution in [0.3, 0.4) is 0 Å². The van der Waals surface area contributed by atoms with Crippen LogP contribution in [-0.2, 0) is 4.79 Å². The first-order chi connectivity index (χ1) is 28.2. The molecule has 0 aliphatic rings. The zero-order valence-electron chi connectivity index (χ0n) is 38.4.